The van der Waals surface area contributed by atoms with E-state index in [1.54, 1.807) is 7.11 Å². The average Bonchev–Trinajstić information content (AvgIpc) is 2.65. The van der Waals surface area contributed by atoms with E-state index in [-0.39, 0.29) is 30.8 Å². The molecule has 0 aliphatic heterocycles. The van der Waals surface area contributed by atoms with Crippen molar-refractivity contribution >= 4 is 11.9 Å². The van der Waals surface area contributed by atoms with E-state index in [9.17, 15) is 9.59 Å². The van der Waals surface area contributed by atoms with Gasteiger partial charge in [0.25, 0.3) is 5.91 Å². The van der Waals surface area contributed by atoms with Crippen molar-refractivity contribution in [1.29, 1.82) is 0 Å². The summed E-state index contributed by atoms with van der Waals surface area (Å²) in [6.45, 7) is 2.07. The zero-order chi connectivity index (χ0) is 18.1. The molecule has 0 fully saturated rings. The summed E-state index contributed by atoms with van der Waals surface area (Å²) in [5.41, 5.74) is 2.02. The van der Waals surface area contributed by atoms with Crippen molar-refractivity contribution < 1.29 is 19.1 Å². The van der Waals surface area contributed by atoms with Gasteiger partial charge >= 0.3 is 5.97 Å². The average molecular weight is 341 g/mol. The highest BCUT2D eigenvalue weighted by Gasteiger charge is 2.13. The van der Waals surface area contributed by atoms with Gasteiger partial charge in [0.2, 0.25) is 0 Å². The molecule has 0 bridgehead atoms. The molecule has 0 aromatic heterocycles. The molecule has 0 radical (unpaired) electrons. The molecule has 0 heterocycles. The largest absolute Gasteiger partial charge is 0.497 e. The predicted molar refractivity (Wildman–Crippen MR) is 95.3 cm³/mol. The van der Waals surface area contributed by atoms with Crippen molar-refractivity contribution in [2.24, 2.45) is 0 Å². The molecule has 1 amide bonds. The number of hydrogen-bond acceptors (Lipinski definition) is 4. The van der Waals surface area contributed by atoms with Gasteiger partial charge in [0.1, 0.15) is 5.75 Å². The Morgan fingerprint density at radius 2 is 1.72 bits per heavy atom. The maximum absolute atomic E-state index is 11.9. The molecule has 2 rings (SSSR count). The number of esters is 1. The Hall–Kier alpha value is -2.82. The summed E-state index contributed by atoms with van der Waals surface area (Å²) in [5, 5.41) is 2.72. The molecule has 0 aliphatic carbocycles. The van der Waals surface area contributed by atoms with Crippen molar-refractivity contribution in [3.8, 4) is 5.75 Å². The van der Waals surface area contributed by atoms with Gasteiger partial charge in [-0.05, 0) is 29.2 Å². The molecule has 0 saturated carbocycles. The van der Waals surface area contributed by atoms with Crippen LogP contribution < -0.4 is 10.1 Å². The Morgan fingerprint density at radius 1 is 1.04 bits per heavy atom. The molecule has 132 valence electrons. The fourth-order valence-electron chi connectivity index (χ4n) is 2.35. The van der Waals surface area contributed by atoms with Gasteiger partial charge < -0.3 is 14.8 Å². The first-order valence-electron chi connectivity index (χ1n) is 8.18. The maximum atomic E-state index is 11.9. The summed E-state index contributed by atoms with van der Waals surface area (Å²) >= 11 is 0. The standard InChI is InChI=1S/C20H23NO4/c1-15(17-6-4-3-5-7-17)12-20(23)25-14-19(22)21-13-16-8-10-18(24-2)11-9-16/h3-11,15H,12-14H2,1-2H3,(H,21,22)/t15-/m0/s1. The quantitative estimate of drug-likeness (QED) is 0.750. The molecule has 25 heavy (non-hydrogen) atoms. The van der Waals surface area contributed by atoms with Gasteiger partial charge in [0, 0.05) is 6.54 Å². The van der Waals surface area contributed by atoms with E-state index < -0.39 is 0 Å². The topological polar surface area (TPSA) is 64.6 Å². The fraction of sp³-hybridized carbons (Fsp3) is 0.300. The van der Waals surface area contributed by atoms with Gasteiger partial charge in [-0.1, -0.05) is 49.4 Å². The highest BCUT2D eigenvalue weighted by molar-refractivity contribution is 5.80. The molecule has 5 heteroatoms. The first kappa shape index (κ1) is 18.5. The second kappa shape index (κ2) is 9.47. The minimum absolute atomic E-state index is 0.0519. The van der Waals surface area contributed by atoms with Crippen LogP contribution in [0.5, 0.6) is 5.75 Å². The molecule has 2 aromatic rings. The van der Waals surface area contributed by atoms with Crippen LogP contribution in [-0.2, 0) is 20.9 Å². The van der Waals surface area contributed by atoms with Crippen LogP contribution in [0, 0.1) is 0 Å². The predicted octanol–water partition coefficient (Wildman–Crippen LogP) is 3.05. The molecule has 2 aromatic carbocycles. The Balaban J connectivity index is 1.69. The fourth-order valence-corrected chi connectivity index (χ4v) is 2.35. The second-order valence-electron chi connectivity index (χ2n) is 5.80. The summed E-state index contributed by atoms with van der Waals surface area (Å²) in [5.74, 6) is 0.111. The Morgan fingerprint density at radius 3 is 2.36 bits per heavy atom. The number of nitrogens with one attached hydrogen (secondary N) is 1. The zero-order valence-corrected chi connectivity index (χ0v) is 14.5. The van der Waals surface area contributed by atoms with Crippen molar-refractivity contribution in [1.82, 2.24) is 5.32 Å². The number of carbonyl (C=O) groups excluding carboxylic acids is 2. The van der Waals surface area contributed by atoms with Crippen molar-refractivity contribution in [3.63, 3.8) is 0 Å². The van der Waals surface area contributed by atoms with E-state index in [0.717, 1.165) is 16.9 Å². The van der Waals surface area contributed by atoms with Crippen LogP contribution in [0.2, 0.25) is 0 Å². The molecule has 5 nitrogen and oxygen atoms in total. The number of amides is 1. The molecule has 0 aliphatic rings. The molecular weight excluding hydrogens is 318 g/mol. The summed E-state index contributed by atoms with van der Waals surface area (Å²) in [6.07, 6.45) is 0.246. The summed E-state index contributed by atoms with van der Waals surface area (Å²) in [7, 11) is 1.60. The first-order chi connectivity index (χ1) is 12.1. The molecule has 0 unspecified atom stereocenters. The normalized spacial score (nSPS) is 11.4. The smallest absolute Gasteiger partial charge is 0.306 e. The summed E-state index contributed by atoms with van der Waals surface area (Å²) in [6, 6.07) is 17.1. The molecule has 1 N–H and O–H groups in total. The lowest BCUT2D eigenvalue weighted by atomic mass is 9.98. The minimum atomic E-state index is -0.379. The molecule has 0 saturated heterocycles. The first-order valence-corrected chi connectivity index (χ1v) is 8.18. The van der Waals surface area contributed by atoms with Crippen LogP contribution in [-0.4, -0.2) is 25.6 Å². The Bertz CT molecular complexity index is 683. The lowest BCUT2D eigenvalue weighted by molar-refractivity contribution is -0.148. The summed E-state index contributed by atoms with van der Waals surface area (Å²) < 4.78 is 10.1. The third kappa shape index (κ3) is 6.30. The van der Waals surface area contributed by atoms with Crippen molar-refractivity contribution in [2.45, 2.75) is 25.8 Å². The van der Waals surface area contributed by atoms with Crippen LogP contribution in [0.25, 0.3) is 0 Å². The molecule has 0 spiro atoms. The van der Waals surface area contributed by atoms with Gasteiger partial charge in [-0.25, -0.2) is 0 Å². The lowest BCUT2D eigenvalue weighted by Gasteiger charge is -2.11. The molecule has 1 atom stereocenters. The van der Waals surface area contributed by atoms with Crippen LogP contribution >= 0.6 is 0 Å². The van der Waals surface area contributed by atoms with E-state index in [1.807, 2.05) is 61.5 Å². The third-order valence-electron chi connectivity index (χ3n) is 3.85. The van der Waals surface area contributed by atoms with Crippen LogP contribution in [0.15, 0.2) is 54.6 Å². The number of methoxy groups -OCH3 is 1. The molecular formula is C20H23NO4. The number of hydrogen-bond donors (Lipinski definition) is 1. The monoisotopic (exact) mass is 341 g/mol. The maximum Gasteiger partial charge on any atom is 0.306 e. The number of ether oxygens (including phenoxy) is 2. The third-order valence-corrected chi connectivity index (χ3v) is 3.85. The van der Waals surface area contributed by atoms with Crippen LogP contribution in [0.3, 0.4) is 0 Å². The van der Waals surface area contributed by atoms with Gasteiger partial charge in [-0.2, -0.15) is 0 Å². The van der Waals surface area contributed by atoms with Gasteiger partial charge in [0.05, 0.1) is 13.5 Å². The van der Waals surface area contributed by atoms with Gasteiger partial charge in [0.15, 0.2) is 6.61 Å². The zero-order valence-electron chi connectivity index (χ0n) is 14.5. The highest BCUT2D eigenvalue weighted by Crippen LogP contribution is 2.18. The lowest BCUT2D eigenvalue weighted by Crippen LogP contribution is -2.28. The SMILES string of the molecule is COc1ccc(CNC(=O)COC(=O)C[C@H](C)c2ccccc2)cc1. The Kier molecular flexibility index (Phi) is 7.01. The van der Waals surface area contributed by atoms with Crippen molar-refractivity contribution in [2.75, 3.05) is 13.7 Å². The van der Waals surface area contributed by atoms with Crippen LogP contribution in [0.1, 0.15) is 30.4 Å². The minimum Gasteiger partial charge on any atom is -0.497 e. The summed E-state index contributed by atoms with van der Waals surface area (Å²) in [4.78, 5) is 23.6. The van der Waals surface area contributed by atoms with E-state index >= 15 is 0 Å². The Labute approximate surface area is 148 Å². The highest BCUT2D eigenvalue weighted by atomic mass is 16.5. The van der Waals surface area contributed by atoms with E-state index in [0.29, 0.717) is 6.54 Å². The van der Waals surface area contributed by atoms with E-state index in [1.165, 1.54) is 0 Å². The second-order valence-corrected chi connectivity index (χ2v) is 5.80. The number of carbonyl (C=O) groups is 2. The van der Waals surface area contributed by atoms with Gasteiger partial charge in [-0.15, -0.1) is 0 Å². The van der Waals surface area contributed by atoms with Gasteiger partial charge in [-0.3, -0.25) is 9.59 Å². The van der Waals surface area contributed by atoms with Crippen molar-refractivity contribution in [3.05, 3.63) is 65.7 Å². The van der Waals surface area contributed by atoms with Crippen LogP contribution in [0.4, 0.5) is 0 Å². The number of benzene rings is 2. The van der Waals surface area contributed by atoms with E-state index in [4.69, 9.17) is 9.47 Å². The number of rotatable bonds is 8. The van der Waals surface area contributed by atoms with E-state index in [2.05, 4.69) is 5.32 Å².